The van der Waals surface area contributed by atoms with Crippen molar-refractivity contribution in [1.82, 2.24) is 4.98 Å². The molecule has 0 saturated heterocycles. The van der Waals surface area contributed by atoms with Gasteiger partial charge in [-0.1, -0.05) is 10.8 Å². The number of hydrogen-bond donors (Lipinski definition) is 2. The Hall–Kier alpha value is 0.250. The maximum absolute atomic E-state index is 8.99. The fraction of sp³-hybridized carbons (Fsp3) is 0.500. The molecule has 0 aliphatic heterocycles. The summed E-state index contributed by atoms with van der Waals surface area (Å²) < 4.78 is 0.977. The molecular weight excluding hydrogens is 214 g/mol. The zero-order valence-corrected chi connectivity index (χ0v) is 8.66. The average molecular weight is 223 g/mol. The van der Waals surface area contributed by atoms with Gasteiger partial charge in [0.25, 0.3) is 0 Å². The molecule has 2 N–H and O–H groups in total. The number of aliphatic hydroxyl groups excluding tert-OH is 2. The van der Waals surface area contributed by atoms with Crippen LogP contribution >= 0.6 is 32.9 Å². The predicted molar refractivity (Wildman–Crippen MR) is 53.5 cm³/mol. The van der Waals surface area contributed by atoms with Crippen molar-refractivity contribution in [3.63, 3.8) is 0 Å². The van der Waals surface area contributed by atoms with E-state index in [0.717, 1.165) is 4.34 Å². The van der Waals surface area contributed by atoms with Gasteiger partial charge in [-0.25, -0.2) is 4.98 Å². The first-order valence-electron chi connectivity index (χ1n) is 3.31. The minimum Gasteiger partial charge on any atom is -0.394 e. The Labute approximate surface area is 82.6 Å². The Morgan fingerprint density at radius 3 is 3.08 bits per heavy atom. The Bertz CT molecular complexity index is 205. The maximum atomic E-state index is 8.99. The smallest absolute Gasteiger partial charge is 0.160 e. The van der Waals surface area contributed by atoms with E-state index >= 15 is 0 Å². The number of aliphatic hydroxyl groups is 2. The van der Waals surface area contributed by atoms with Crippen molar-refractivity contribution in [2.75, 3.05) is 12.4 Å². The molecule has 0 aliphatic carbocycles. The van der Waals surface area contributed by atoms with E-state index in [1.807, 2.05) is 5.38 Å². The van der Waals surface area contributed by atoms with Gasteiger partial charge in [0.15, 0.2) is 4.34 Å². The van der Waals surface area contributed by atoms with Gasteiger partial charge in [-0.15, -0.1) is 11.3 Å². The van der Waals surface area contributed by atoms with Crippen molar-refractivity contribution >= 4 is 32.9 Å². The van der Waals surface area contributed by atoms with Crippen molar-refractivity contribution in [2.24, 2.45) is 0 Å². The van der Waals surface area contributed by atoms with Gasteiger partial charge >= 0.3 is 0 Å². The van der Waals surface area contributed by atoms with E-state index in [2.05, 4.69) is 4.98 Å². The van der Waals surface area contributed by atoms with E-state index in [1.54, 1.807) is 17.5 Å². The van der Waals surface area contributed by atoms with Crippen LogP contribution in [-0.4, -0.2) is 33.7 Å². The summed E-state index contributed by atoms with van der Waals surface area (Å²) in [6.45, 7) is -0.175. The summed E-state index contributed by atoms with van der Waals surface area (Å²) in [5, 5.41) is 19.4. The van der Waals surface area contributed by atoms with Crippen LogP contribution in [0.4, 0.5) is 0 Å². The van der Waals surface area contributed by atoms with E-state index in [1.165, 1.54) is 21.6 Å². The van der Waals surface area contributed by atoms with Crippen LogP contribution in [0.15, 0.2) is 15.9 Å². The molecular formula is C6H9NO2S3. The molecule has 1 heterocycles. The second kappa shape index (κ2) is 5.82. The topological polar surface area (TPSA) is 53.4 Å². The van der Waals surface area contributed by atoms with Crippen molar-refractivity contribution in [3.8, 4) is 0 Å². The lowest BCUT2D eigenvalue weighted by Crippen LogP contribution is -2.13. The molecule has 0 radical (unpaired) electrons. The molecule has 0 aliphatic rings. The van der Waals surface area contributed by atoms with Gasteiger partial charge in [-0.05, 0) is 10.8 Å². The van der Waals surface area contributed by atoms with E-state index in [-0.39, 0.29) is 6.61 Å². The molecule has 0 fully saturated rings. The Balaban J connectivity index is 2.11. The molecule has 1 rings (SSSR count). The molecule has 68 valence electrons. The first kappa shape index (κ1) is 10.3. The fourth-order valence-electron chi connectivity index (χ4n) is 0.467. The molecule has 1 atom stereocenters. The van der Waals surface area contributed by atoms with Crippen LogP contribution in [0.3, 0.4) is 0 Å². The summed E-state index contributed by atoms with van der Waals surface area (Å²) in [6.07, 6.45) is 1.12. The zero-order chi connectivity index (χ0) is 8.81. The number of hydrogen-bond acceptors (Lipinski definition) is 6. The molecule has 0 amide bonds. The van der Waals surface area contributed by atoms with E-state index in [0.29, 0.717) is 5.75 Å². The average Bonchev–Trinajstić information content (AvgIpc) is 2.57. The standard InChI is InChI=1S/C6H9NO2S3/c8-3-5(9)4-11-12-6-7-1-2-10-6/h1-2,5,8-9H,3-4H2. The monoisotopic (exact) mass is 223 g/mol. The Kier molecular flexibility index (Phi) is 5.01. The third-order valence-electron chi connectivity index (χ3n) is 1.01. The Morgan fingerprint density at radius 2 is 2.50 bits per heavy atom. The van der Waals surface area contributed by atoms with Gasteiger partial charge < -0.3 is 10.2 Å². The van der Waals surface area contributed by atoms with Crippen LogP contribution in [0.25, 0.3) is 0 Å². The molecule has 3 nitrogen and oxygen atoms in total. The summed E-state index contributed by atoms with van der Waals surface area (Å²) in [6, 6.07) is 0. The largest absolute Gasteiger partial charge is 0.394 e. The zero-order valence-electron chi connectivity index (χ0n) is 6.21. The minimum absolute atomic E-state index is 0.175. The molecule has 1 aromatic heterocycles. The second-order valence-corrected chi connectivity index (χ2v) is 5.48. The summed E-state index contributed by atoms with van der Waals surface area (Å²) in [5.74, 6) is 0.529. The predicted octanol–water partition coefficient (Wildman–Crippen LogP) is 1.24. The van der Waals surface area contributed by atoms with Gasteiger partial charge in [0.05, 0.1) is 12.7 Å². The Morgan fingerprint density at radius 1 is 1.67 bits per heavy atom. The molecule has 6 heteroatoms. The first-order valence-corrected chi connectivity index (χ1v) is 6.50. The van der Waals surface area contributed by atoms with Crippen LogP contribution in [0, 0.1) is 0 Å². The minimum atomic E-state index is -0.623. The highest BCUT2D eigenvalue weighted by Gasteiger charge is 2.03. The van der Waals surface area contributed by atoms with Gasteiger partial charge in [0.1, 0.15) is 0 Å². The number of nitrogens with zero attached hydrogens (tertiary/aromatic N) is 1. The van der Waals surface area contributed by atoms with Crippen molar-refractivity contribution < 1.29 is 10.2 Å². The lowest BCUT2D eigenvalue weighted by Gasteiger charge is -2.03. The normalized spacial score (nSPS) is 13.2. The van der Waals surface area contributed by atoms with Crippen LogP contribution < -0.4 is 0 Å². The molecule has 0 aromatic carbocycles. The van der Waals surface area contributed by atoms with Crippen LogP contribution in [0.2, 0.25) is 0 Å². The lowest BCUT2D eigenvalue weighted by atomic mass is 10.4. The highest BCUT2D eigenvalue weighted by atomic mass is 33.1. The molecule has 1 unspecified atom stereocenters. The van der Waals surface area contributed by atoms with Gasteiger partial charge in [0.2, 0.25) is 0 Å². The van der Waals surface area contributed by atoms with Gasteiger partial charge in [-0.2, -0.15) is 0 Å². The number of aromatic nitrogens is 1. The molecule has 0 spiro atoms. The summed E-state index contributed by atoms with van der Waals surface area (Å²) in [4.78, 5) is 4.06. The lowest BCUT2D eigenvalue weighted by molar-refractivity contribution is 0.114. The summed E-state index contributed by atoms with van der Waals surface area (Å²) in [5.41, 5.74) is 0. The van der Waals surface area contributed by atoms with E-state index in [4.69, 9.17) is 10.2 Å². The SMILES string of the molecule is OCC(O)CSSc1nccs1. The maximum Gasteiger partial charge on any atom is 0.160 e. The first-order chi connectivity index (χ1) is 5.83. The van der Waals surface area contributed by atoms with Crippen molar-refractivity contribution in [1.29, 1.82) is 0 Å². The highest BCUT2D eigenvalue weighted by Crippen LogP contribution is 2.32. The second-order valence-electron chi connectivity index (χ2n) is 2.00. The third kappa shape index (κ3) is 3.77. The summed E-state index contributed by atoms with van der Waals surface area (Å²) >= 11 is 1.57. The van der Waals surface area contributed by atoms with Crippen molar-refractivity contribution in [3.05, 3.63) is 11.6 Å². The third-order valence-corrected chi connectivity index (χ3v) is 4.55. The van der Waals surface area contributed by atoms with Gasteiger partial charge in [-0.3, -0.25) is 0 Å². The number of rotatable bonds is 5. The van der Waals surface area contributed by atoms with E-state index in [9.17, 15) is 0 Å². The molecule has 0 saturated carbocycles. The van der Waals surface area contributed by atoms with Crippen LogP contribution in [-0.2, 0) is 0 Å². The molecule has 12 heavy (non-hydrogen) atoms. The fourth-order valence-corrected chi connectivity index (χ4v) is 3.58. The highest BCUT2D eigenvalue weighted by molar-refractivity contribution is 8.77. The quantitative estimate of drug-likeness (QED) is 0.736. The van der Waals surface area contributed by atoms with Crippen LogP contribution in [0.5, 0.6) is 0 Å². The van der Waals surface area contributed by atoms with E-state index < -0.39 is 6.10 Å². The molecule has 1 aromatic rings. The van der Waals surface area contributed by atoms with Crippen LogP contribution in [0.1, 0.15) is 0 Å². The molecule has 0 bridgehead atoms. The van der Waals surface area contributed by atoms with Gasteiger partial charge in [0, 0.05) is 17.3 Å². The number of thiazole rings is 1. The summed E-state index contributed by atoms with van der Waals surface area (Å²) in [7, 11) is 3.02. The van der Waals surface area contributed by atoms with Crippen molar-refractivity contribution in [2.45, 2.75) is 10.4 Å².